The van der Waals surface area contributed by atoms with Crippen LogP contribution in [-0.4, -0.2) is 21.6 Å². The molecule has 0 aliphatic heterocycles. The molecule has 0 spiro atoms. The molecule has 1 aromatic carbocycles. The summed E-state index contributed by atoms with van der Waals surface area (Å²) in [5, 5.41) is 5.26. The maximum Gasteiger partial charge on any atom is 0.235 e. The molecule has 0 saturated carbocycles. The second-order valence-corrected chi connectivity index (χ2v) is 7.08. The monoisotopic (exact) mass is 361 g/mol. The van der Waals surface area contributed by atoms with E-state index in [4.69, 9.17) is 11.6 Å². The zero-order valence-corrected chi connectivity index (χ0v) is 14.3. The Bertz CT molecular complexity index is 791. The molecule has 0 unspecified atom stereocenters. The molecule has 7 heteroatoms. The highest BCUT2D eigenvalue weighted by atomic mass is 35.5. The van der Waals surface area contributed by atoms with Gasteiger partial charge in [-0.15, -0.1) is 11.3 Å². The second kappa shape index (κ2) is 7.59. The average Bonchev–Trinajstić information content (AvgIpc) is 3.05. The number of rotatable bonds is 5. The van der Waals surface area contributed by atoms with E-state index in [0.29, 0.717) is 10.8 Å². The summed E-state index contributed by atoms with van der Waals surface area (Å²) in [6.45, 7) is 0. The van der Waals surface area contributed by atoms with Crippen molar-refractivity contribution in [2.45, 2.75) is 4.34 Å². The lowest BCUT2D eigenvalue weighted by Crippen LogP contribution is -2.14. The molecule has 4 nitrogen and oxygen atoms in total. The van der Waals surface area contributed by atoms with Gasteiger partial charge in [-0.3, -0.25) is 4.79 Å². The van der Waals surface area contributed by atoms with Crippen LogP contribution in [0.2, 0.25) is 5.02 Å². The maximum atomic E-state index is 11.9. The first-order valence-electron chi connectivity index (χ1n) is 6.76. The van der Waals surface area contributed by atoms with E-state index < -0.39 is 0 Å². The van der Waals surface area contributed by atoms with Crippen LogP contribution in [0.15, 0.2) is 58.4 Å². The van der Waals surface area contributed by atoms with Crippen molar-refractivity contribution >= 4 is 46.4 Å². The number of hydrogen-bond acceptors (Lipinski definition) is 5. The molecule has 2 heterocycles. The van der Waals surface area contributed by atoms with E-state index in [1.165, 1.54) is 29.3 Å². The van der Waals surface area contributed by atoms with E-state index in [2.05, 4.69) is 15.3 Å². The van der Waals surface area contributed by atoms with Gasteiger partial charge in [0.15, 0.2) is 4.34 Å². The minimum atomic E-state index is -0.124. The third-order valence-corrected chi connectivity index (χ3v) is 5.12. The summed E-state index contributed by atoms with van der Waals surface area (Å²) < 4.78 is 0.864. The summed E-state index contributed by atoms with van der Waals surface area (Å²) in [6.07, 6.45) is 1.50. The number of anilines is 1. The number of benzene rings is 1. The van der Waals surface area contributed by atoms with Gasteiger partial charge in [-0.2, -0.15) is 0 Å². The van der Waals surface area contributed by atoms with Crippen molar-refractivity contribution in [1.29, 1.82) is 0 Å². The third-order valence-electron chi connectivity index (χ3n) is 2.87. The first-order chi connectivity index (χ1) is 11.2. The van der Waals surface area contributed by atoms with E-state index in [9.17, 15) is 4.79 Å². The lowest BCUT2D eigenvalue weighted by Gasteiger charge is -2.03. The molecule has 0 atom stereocenters. The number of amides is 1. The van der Waals surface area contributed by atoms with Gasteiger partial charge >= 0.3 is 0 Å². The van der Waals surface area contributed by atoms with Crippen molar-refractivity contribution in [2.75, 3.05) is 11.1 Å². The van der Waals surface area contributed by atoms with E-state index in [1.54, 1.807) is 12.1 Å². The van der Waals surface area contributed by atoms with Crippen LogP contribution >= 0.6 is 34.7 Å². The minimum Gasteiger partial charge on any atom is -0.310 e. The number of thioether (sulfide) groups is 1. The molecule has 1 N–H and O–H groups in total. The van der Waals surface area contributed by atoms with Crippen molar-refractivity contribution < 1.29 is 4.79 Å². The molecule has 0 bridgehead atoms. The molecule has 116 valence electrons. The number of carbonyl (C=O) groups excluding carboxylic acids is 1. The fraction of sp³-hybridized carbons (Fsp3) is 0.0625. The number of nitrogens with one attached hydrogen (secondary N) is 1. The molecule has 2 aromatic heterocycles. The fourth-order valence-corrected chi connectivity index (χ4v) is 3.57. The standard InChI is InChI=1S/C16H12ClN3OS2/c17-12-6-7-14(18-8-12)20-15(21)10-23-16-19-13(9-22-16)11-4-2-1-3-5-11/h1-9H,10H2,(H,18,20,21). The van der Waals surface area contributed by atoms with Crippen LogP contribution in [0.4, 0.5) is 5.82 Å². The van der Waals surface area contributed by atoms with Crippen molar-refractivity contribution in [3.05, 3.63) is 59.1 Å². The highest BCUT2D eigenvalue weighted by Crippen LogP contribution is 2.28. The van der Waals surface area contributed by atoms with Crippen LogP contribution in [-0.2, 0) is 4.79 Å². The van der Waals surface area contributed by atoms with Crippen molar-refractivity contribution in [3.8, 4) is 11.3 Å². The summed E-state index contributed by atoms with van der Waals surface area (Å²) >= 11 is 8.70. The summed E-state index contributed by atoms with van der Waals surface area (Å²) in [7, 11) is 0. The molecule has 0 fully saturated rings. The molecule has 3 aromatic rings. The fourth-order valence-electron chi connectivity index (χ4n) is 1.82. The van der Waals surface area contributed by atoms with Gasteiger partial charge in [-0.25, -0.2) is 9.97 Å². The number of hydrogen-bond donors (Lipinski definition) is 1. The molecular formula is C16H12ClN3OS2. The molecule has 0 radical (unpaired) electrons. The number of thiazole rings is 1. The van der Waals surface area contributed by atoms with Gasteiger partial charge in [0.1, 0.15) is 5.82 Å². The largest absolute Gasteiger partial charge is 0.310 e. The Kier molecular flexibility index (Phi) is 5.27. The Balaban J connectivity index is 1.55. The summed E-state index contributed by atoms with van der Waals surface area (Å²) in [6, 6.07) is 13.3. The van der Waals surface area contributed by atoms with Crippen LogP contribution in [0, 0.1) is 0 Å². The zero-order valence-electron chi connectivity index (χ0n) is 11.9. The van der Waals surface area contributed by atoms with Crippen molar-refractivity contribution in [2.24, 2.45) is 0 Å². The van der Waals surface area contributed by atoms with Gasteiger partial charge < -0.3 is 5.32 Å². The van der Waals surface area contributed by atoms with E-state index in [-0.39, 0.29) is 11.7 Å². The van der Waals surface area contributed by atoms with Gasteiger partial charge in [0, 0.05) is 17.1 Å². The highest BCUT2D eigenvalue weighted by molar-refractivity contribution is 8.01. The van der Waals surface area contributed by atoms with E-state index >= 15 is 0 Å². The van der Waals surface area contributed by atoms with Crippen LogP contribution in [0.3, 0.4) is 0 Å². The van der Waals surface area contributed by atoms with E-state index in [0.717, 1.165) is 15.6 Å². The predicted molar refractivity (Wildman–Crippen MR) is 96.2 cm³/mol. The Morgan fingerprint density at radius 1 is 1.22 bits per heavy atom. The smallest absolute Gasteiger partial charge is 0.235 e. The Morgan fingerprint density at radius 3 is 2.78 bits per heavy atom. The normalized spacial score (nSPS) is 10.5. The van der Waals surface area contributed by atoms with Crippen LogP contribution < -0.4 is 5.32 Å². The number of nitrogens with zero attached hydrogens (tertiary/aromatic N) is 2. The average molecular weight is 362 g/mol. The zero-order chi connectivity index (χ0) is 16.1. The summed E-state index contributed by atoms with van der Waals surface area (Å²) in [5.74, 6) is 0.650. The van der Waals surface area contributed by atoms with Gasteiger partial charge in [0.2, 0.25) is 5.91 Å². The first-order valence-corrected chi connectivity index (χ1v) is 9.00. The minimum absolute atomic E-state index is 0.124. The van der Waals surface area contributed by atoms with Gasteiger partial charge in [-0.1, -0.05) is 53.7 Å². The topological polar surface area (TPSA) is 54.9 Å². The van der Waals surface area contributed by atoms with Crippen molar-refractivity contribution in [3.63, 3.8) is 0 Å². The Morgan fingerprint density at radius 2 is 2.04 bits per heavy atom. The maximum absolute atomic E-state index is 11.9. The van der Waals surface area contributed by atoms with Gasteiger partial charge in [0.25, 0.3) is 0 Å². The number of pyridine rings is 1. The summed E-state index contributed by atoms with van der Waals surface area (Å²) in [5.41, 5.74) is 2.00. The van der Waals surface area contributed by atoms with E-state index in [1.807, 2.05) is 35.7 Å². The molecule has 23 heavy (non-hydrogen) atoms. The summed E-state index contributed by atoms with van der Waals surface area (Å²) in [4.78, 5) is 20.5. The predicted octanol–water partition coefficient (Wildman–Crippen LogP) is 4.59. The molecule has 3 rings (SSSR count). The molecule has 0 aliphatic carbocycles. The quantitative estimate of drug-likeness (QED) is 0.675. The lowest BCUT2D eigenvalue weighted by molar-refractivity contribution is -0.113. The molecule has 1 amide bonds. The molecule has 0 saturated heterocycles. The molecular weight excluding hydrogens is 350 g/mol. The van der Waals surface area contributed by atoms with Gasteiger partial charge in [-0.05, 0) is 12.1 Å². The number of carbonyl (C=O) groups is 1. The highest BCUT2D eigenvalue weighted by Gasteiger charge is 2.08. The Labute approximate surface area is 146 Å². The SMILES string of the molecule is O=C(CSc1nc(-c2ccccc2)cs1)Nc1ccc(Cl)cn1. The Hall–Kier alpha value is -1.89. The van der Waals surface area contributed by atoms with Crippen LogP contribution in [0.5, 0.6) is 0 Å². The van der Waals surface area contributed by atoms with Crippen LogP contribution in [0.25, 0.3) is 11.3 Å². The lowest BCUT2D eigenvalue weighted by atomic mass is 10.2. The second-order valence-electron chi connectivity index (χ2n) is 4.56. The van der Waals surface area contributed by atoms with Gasteiger partial charge in [0.05, 0.1) is 16.5 Å². The number of halogens is 1. The number of aromatic nitrogens is 2. The van der Waals surface area contributed by atoms with Crippen LogP contribution in [0.1, 0.15) is 0 Å². The third kappa shape index (κ3) is 4.54. The molecule has 0 aliphatic rings. The first kappa shape index (κ1) is 16.0. The van der Waals surface area contributed by atoms with Crippen molar-refractivity contribution in [1.82, 2.24) is 9.97 Å².